The van der Waals surface area contributed by atoms with Gasteiger partial charge in [0.15, 0.2) is 0 Å². The molecule has 0 heterocycles. The fraction of sp³-hybridized carbons (Fsp3) is 1.00. The van der Waals surface area contributed by atoms with Crippen LogP contribution in [-0.2, 0) is 16.1 Å². The highest BCUT2D eigenvalue weighted by atomic mass is 32.2. The summed E-state index contributed by atoms with van der Waals surface area (Å²) in [6, 6.07) is 0. The van der Waals surface area contributed by atoms with Gasteiger partial charge in [0.2, 0.25) is 0 Å². The van der Waals surface area contributed by atoms with Crippen LogP contribution in [0, 0.1) is 0 Å². The lowest BCUT2D eigenvalue weighted by Gasteiger charge is -2.01. The van der Waals surface area contributed by atoms with Gasteiger partial charge in [-0.2, -0.15) is 0 Å². The molecule has 3 heteroatoms. The Hall–Kier alpha value is 0.110. The van der Waals surface area contributed by atoms with Crippen molar-refractivity contribution >= 4 is 11.9 Å². The number of rotatable bonds is 12. The first kappa shape index (κ1) is 15.1. The standard InChI is InChI=1S/C12H26O2S/c1-2-3-4-5-6-7-8-9-10-11-12-14-15-13/h15H,2-12H2,1H3. The normalized spacial score (nSPS) is 10.7. The second-order valence-electron chi connectivity index (χ2n) is 4.09. The lowest BCUT2D eigenvalue weighted by Crippen LogP contribution is -1.89. The molecule has 0 aliphatic carbocycles. The third kappa shape index (κ3) is 14.1. The van der Waals surface area contributed by atoms with Crippen LogP contribution in [0.2, 0.25) is 0 Å². The molecule has 0 bridgehead atoms. The Morgan fingerprint density at radius 2 is 1.27 bits per heavy atom. The molecule has 0 N–H and O–H groups in total. The Kier molecular flexibility index (Phi) is 14.2. The van der Waals surface area contributed by atoms with Crippen molar-refractivity contribution in [2.45, 2.75) is 71.1 Å². The minimum absolute atomic E-state index is 0.175. The number of unbranched alkanes of at least 4 members (excludes halogenated alkanes) is 9. The van der Waals surface area contributed by atoms with Crippen LogP contribution in [0.4, 0.5) is 0 Å². The van der Waals surface area contributed by atoms with Crippen LogP contribution in [0.1, 0.15) is 71.1 Å². The van der Waals surface area contributed by atoms with Crippen molar-refractivity contribution in [3.63, 3.8) is 0 Å². The molecule has 0 radical (unpaired) electrons. The van der Waals surface area contributed by atoms with E-state index in [1.165, 1.54) is 57.8 Å². The summed E-state index contributed by atoms with van der Waals surface area (Å²) in [7, 11) is 0. The first-order chi connectivity index (χ1) is 7.41. The molecule has 0 saturated heterocycles. The van der Waals surface area contributed by atoms with E-state index in [1.807, 2.05) is 0 Å². The van der Waals surface area contributed by atoms with E-state index >= 15 is 0 Å². The number of hydrogen-bond donors (Lipinski definition) is 1. The number of hydrogen-bond acceptors (Lipinski definition) is 2. The van der Waals surface area contributed by atoms with Gasteiger partial charge in [0.05, 0.1) is 6.61 Å². The van der Waals surface area contributed by atoms with E-state index in [9.17, 15) is 4.21 Å². The Bertz CT molecular complexity index is 129. The number of thiol groups is 1. The van der Waals surface area contributed by atoms with Gasteiger partial charge in [-0.05, 0) is 6.42 Å². The molecule has 0 aromatic heterocycles. The van der Waals surface area contributed by atoms with Crippen molar-refractivity contribution in [1.82, 2.24) is 0 Å². The van der Waals surface area contributed by atoms with Gasteiger partial charge >= 0.3 is 0 Å². The van der Waals surface area contributed by atoms with E-state index in [2.05, 4.69) is 6.92 Å². The average Bonchev–Trinajstić information content (AvgIpc) is 2.26. The highest BCUT2D eigenvalue weighted by molar-refractivity contribution is 7.60. The smallest absolute Gasteiger partial charge is 0.142 e. The predicted octanol–water partition coefficient (Wildman–Crippen LogP) is 3.78. The van der Waals surface area contributed by atoms with Gasteiger partial charge in [0.1, 0.15) is 11.9 Å². The fourth-order valence-corrected chi connectivity index (χ4v) is 1.89. The average molecular weight is 234 g/mol. The van der Waals surface area contributed by atoms with Crippen LogP contribution < -0.4 is 0 Å². The molecule has 0 aromatic carbocycles. The van der Waals surface area contributed by atoms with E-state index in [4.69, 9.17) is 4.18 Å². The minimum atomic E-state index is -0.175. The van der Waals surface area contributed by atoms with E-state index in [0.29, 0.717) is 6.61 Å². The minimum Gasteiger partial charge on any atom is -0.293 e. The van der Waals surface area contributed by atoms with E-state index in [-0.39, 0.29) is 11.9 Å². The van der Waals surface area contributed by atoms with Gasteiger partial charge in [-0.1, -0.05) is 64.7 Å². The largest absolute Gasteiger partial charge is 0.293 e. The maximum Gasteiger partial charge on any atom is 0.142 e. The first-order valence-corrected chi connectivity index (χ1v) is 7.09. The zero-order chi connectivity index (χ0) is 11.2. The molecule has 0 rings (SSSR count). The lowest BCUT2D eigenvalue weighted by atomic mass is 10.1. The van der Waals surface area contributed by atoms with Crippen molar-refractivity contribution in [3.05, 3.63) is 0 Å². The molecule has 0 amide bonds. The molecule has 0 atom stereocenters. The Balaban J connectivity index is 2.83. The van der Waals surface area contributed by atoms with Crippen LogP contribution in [0.15, 0.2) is 0 Å². The Labute approximate surface area is 98.5 Å². The zero-order valence-corrected chi connectivity index (χ0v) is 10.9. The third-order valence-electron chi connectivity index (χ3n) is 2.64. The van der Waals surface area contributed by atoms with E-state index in [1.54, 1.807) is 0 Å². The second kappa shape index (κ2) is 14.1. The third-order valence-corrected chi connectivity index (χ3v) is 2.93. The predicted molar refractivity (Wildman–Crippen MR) is 67.3 cm³/mol. The molecule has 0 fully saturated rings. The summed E-state index contributed by atoms with van der Waals surface area (Å²) < 4.78 is 14.7. The van der Waals surface area contributed by atoms with Crippen molar-refractivity contribution < 1.29 is 8.39 Å². The van der Waals surface area contributed by atoms with Gasteiger partial charge in [-0.25, -0.2) is 4.21 Å². The van der Waals surface area contributed by atoms with Gasteiger partial charge in [0, 0.05) is 0 Å². The molecular weight excluding hydrogens is 208 g/mol. The summed E-state index contributed by atoms with van der Waals surface area (Å²) >= 11 is -0.175. The summed E-state index contributed by atoms with van der Waals surface area (Å²) in [4.78, 5) is 0. The maximum atomic E-state index is 9.94. The van der Waals surface area contributed by atoms with Gasteiger partial charge in [-0.3, -0.25) is 4.18 Å². The van der Waals surface area contributed by atoms with Crippen LogP contribution in [0.3, 0.4) is 0 Å². The van der Waals surface area contributed by atoms with Crippen LogP contribution in [0.25, 0.3) is 0 Å². The van der Waals surface area contributed by atoms with Crippen molar-refractivity contribution in [2.75, 3.05) is 6.61 Å². The summed E-state index contributed by atoms with van der Waals surface area (Å²) in [5.41, 5.74) is 0. The Morgan fingerprint density at radius 3 is 1.73 bits per heavy atom. The zero-order valence-electron chi connectivity index (χ0n) is 10.0. The summed E-state index contributed by atoms with van der Waals surface area (Å²) in [5.74, 6) is 0. The Morgan fingerprint density at radius 1 is 0.800 bits per heavy atom. The maximum absolute atomic E-state index is 9.94. The molecular formula is C12H26O2S. The highest BCUT2D eigenvalue weighted by Gasteiger charge is 1.92. The fourth-order valence-electron chi connectivity index (χ4n) is 1.69. The molecule has 0 aliphatic rings. The van der Waals surface area contributed by atoms with Crippen molar-refractivity contribution in [1.29, 1.82) is 0 Å². The SMILES string of the molecule is CCCCCCCCCCCCO[SH]=O. The molecule has 0 aliphatic heterocycles. The second-order valence-corrected chi connectivity index (χ2v) is 4.50. The van der Waals surface area contributed by atoms with E-state index < -0.39 is 0 Å². The quantitative estimate of drug-likeness (QED) is 0.411. The highest BCUT2D eigenvalue weighted by Crippen LogP contribution is 2.10. The topological polar surface area (TPSA) is 26.3 Å². The van der Waals surface area contributed by atoms with Gasteiger partial charge in [0.25, 0.3) is 0 Å². The molecule has 2 nitrogen and oxygen atoms in total. The van der Waals surface area contributed by atoms with Gasteiger partial charge < -0.3 is 0 Å². The molecule has 0 unspecified atom stereocenters. The molecule has 0 saturated carbocycles. The van der Waals surface area contributed by atoms with Crippen LogP contribution >= 0.6 is 0 Å². The van der Waals surface area contributed by atoms with E-state index in [0.717, 1.165) is 6.42 Å². The summed E-state index contributed by atoms with van der Waals surface area (Å²) in [5, 5.41) is 0. The molecule has 0 spiro atoms. The summed E-state index contributed by atoms with van der Waals surface area (Å²) in [6.07, 6.45) is 13.2. The van der Waals surface area contributed by atoms with Crippen LogP contribution in [-0.4, -0.2) is 10.8 Å². The van der Waals surface area contributed by atoms with Crippen LogP contribution in [0.5, 0.6) is 0 Å². The molecule has 92 valence electrons. The lowest BCUT2D eigenvalue weighted by molar-refractivity contribution is 0.342. The monoisotopic (exact) mass is 234 g/mol. The molecule has 0 aromatic rings. The van der Waals surface area contributed by atoms with Crippen molar-refractivity contribution in [2.24, 2.45) is 0 Å². The van der Waals surface area contributed by atoms with Crippen molar-refractivity contribution in [3.8, 4) is 0 Å². The first-order valence-electron chi connectivity index (χ1n) is 6.36. The van der Waals surface area contributed by atoms with Gasteiger partial charge in [-0.15, -0.1) is 0 Å². The summed E-state index contributed by atoms with van der Waals surface area (Å²) in [6.45, 7) is 2.89. The molecule has 15 heavy (non-hydrogen) atoms.